The van der Waals surface area contributed by atoms with Gasteiger partial charge in [-0.2, -0.15) is 0 Å². The van der Waals surface area contributed by atoms with Gasteiger partial charge in [0.15, 0.2) is 0 Å². The van der Waals surface area contributed by atoms with Gasteiger partial charge in [0, 0.05) is 25.3 Å². The van der Waals surface area contributed by atoms with Crippen molar-refractivity contribution in [3.8, 4) is 0 Å². The van der Waals surface area contributed by atoms with Crippen molar-refractivity contribution >= 4 is 5.69 Å². The van der Waals surface area contributed by atoms with Crippen LogP contribution in [0.3, 0.4) is 0 Å². The summed E-state index contributed by atoms with van der Waals surface area (Å²) in [4.78, 5) is 2.66. The van der Waals surface area contributed by atoms with Gasteiger partial charge in [0.05, 0.1) is 0 Å². The highest BCUT2D eigenvalue weighted by Crippen LogP contribution is 2.36. The smallest absolute Gasteiger partial charge is 0.0396 e. The van der Waals surface area contributed by atoms with Crippen LogP contribution in [-0.4, -0.2) is 20.1 Å². The molecule has 0 spiro atoms. The molecule has 2 aliphatic rings. The first-order chi connectivity index (χ1) is 9.26. The Hall–Kier alpha value is -1.02. The van der Waals surface area contributed by atoms with E-state index in [4.69, 9.17) is 0 Å². The van der Waals surface area contributed by atoms with Crippen molar-refractivity contribution in [3.63, 3.8) is 0 Å². The van der Waals surface area contributed by atoms with Crippen molar-refractivity contribution < 1.29 is 0 Å². The average molecular weight is 258 g/mol. The molecule has 104 valence electrons. The lowest BCUT2D eigenvalue weighted by Gasteiger charge is -2.27. The zero-order valence-electron chi connectivity index (χ0n) is 12.3. The van der Waals surface area contributed by atoms with E-state index < -0.39 is 0 Å². The topological polar surface area (TPSA) is 15.3 Å². The molecule has 0 radical (unpaired) electrons. The molecule has 2 saturated carbocycles. The summed E-state index contributed by atoms with van der Waals surface area (Å²) in [5.74, 6) is 1.94. The van der Waals surface area contributed by atoms with E-state index in [2.05, 4.69) is 35.3 Å². The van der Waals surface area contributed by atoms with E-state index in [9.17, 15) is 0 Å². The monoisotopic (exact) mass is 258 g/mol. The van der Waals surface area contributed by atoms with Crippen molar-refractivity contribution in [3.05, 3.63) is 29.3 Å². The molecule has 2 nitrogen and oxygen atoms in total. The third-order valence-electron chi connectivity index (χ3n) is 4.33. The fourth-order valence-corrected chi connectivity index (χ4v) is 2.88. The van der Waals surface area contributed by atoms with Gasteiger partial charge in [0.1, 0.15) is 0 Å². The van der Waals surface area contributed by atoms with Crippen LogP contribution in [0.25, 0.3) is 0 Å². The number of nitrogens with zero attached hydrogens (tertiary/aromatic N) is 1. The average Bonchev–Trinajstić information content (AvgIpc) is 3.24. The lowest BCUT2D eigenvalue weighted by atomic mass is 10.1. The first kappa shape index (κ1) is 13.0. The molecular weight excluding hydrogens is 232 g/mol. The molecule has 0 unspecified atom stereocenters. The normalized spacial score (nSPS) is 18.6. The summed E-state index contributed by atoms with van der Waals surface area (Å²) >= 11 is 0. The number of aryl methyl sites for hydroxylation is 1. The minimum absolute atomic E-state index is 0.965. The van der Waals surface area contributed by atoms with Gasteiger partial charge in [-0.15, -0.1) is 0 Å². The molecule has 2 heteroatoms. The van der Waals surface area contributed by atoms with Crippen molar-refractivity contribution in [2.45, 2.75) is 39.2 Å². The fourth-order valence-electron chi connectivity index (χ4n) is 2.88. The molecule has 0 aliphatic heterocycles. The standard InChI is InChI=1S/C17H26N2/c1-13-9-16(10-18-2)7-8-17(13)19(11-14-3-4-14)12-15-5-6-15/h7-9,14-15,18H,3-6,10-12H2,1-2H3. The van der Waals surface area contributed by atoms with Crippen molar-refractivity contribution in [1.29, 1.82) is 0 Å². The van der Waals surface area contributed by atoms with Gasteiger partial charge in [-0.3, -0.25) is 0 Å². The van der Waals surface area contributed by atoms with E-state index in [-0.39, 0.29) is 0 Å². The third kappa shape index (κ3) is 3.50. The number of rotatable bonds is 7. The minimum Gasteiger partial charge on any atom is -0.371 e. The summed E-state index contributed by atoms with van der Waals surface area (Å²) in [6, 6.07) is 6.97. The lowest BCUT2D eigenvalue weighted by Crippen LogP contribution is -2.28. The van der Waals surface area contributed by atoms with E-state index in [0.717, 1.165) is 18.4 Å². The van der Waals surface area contributed by atoms with E-state index >= 15 is 0 Å². The van der Waals surface area contributed by atoms with E-state index in [1.807, 2.05) is 7.05 Å². The van der Waals surface area contributed by atoms with Crippen LogP contribution >= 0.6 is 0 Å². The molecule has 2 fully saturated rings. The number of anilines is 1. The number of hydrogen-bond donors (Lipinski definition) is 1. The zero-order valence-corrected chi connectivity index (χ0v) is 12.3. The van der Waals surface area contributed by atoms with Crippen LogP contribution in [0.4, 0.5) is 5.69 Å². The highest BCUT2D eigenvalue weighted by atomic mass is 15.1. The molecular formula is C17H26N2. The van der Waals surface area contributed by atoms with Crippen LogP contribution in [0.1, 0.15) is 36.8 Å². The van der Waals surface area contributed by atoms with Gasteiger partial charge in [-0.25, -0.2) is 0 Å². The molecule has 0 aromatic heterocycles. The van der Waals surface area contributed by atoms with Gasteiger partial charge in [0.2, 0.25) is 0 Å². The summed E-state index contributed by atoms with van der Waals surface area (Å²) in [7, 11) is 2.01. The Labute approximate surface area is 117 Å². The van der Waals surface area contributed by atoms with E-state index in [0.29, 0.717) is 0 Å². The summed E-state index contributed by atoms with van der Waals surface area (Å²) < 4.78 is 0. The molecule has 2 aliphatic carbocycles. The lowest BCUT2D eigenvalue weighted by molar-refractivity contribution is 0.677. The summed E-state index contributed by atoms with van der Waals surface area (Å²) in [5.41, 5.74) is 4.30. The zero-order chi connectivity index (χ0) is 13.2. The Kier molecular flexibility index (Phi) is 3.79. The Morgan fingerprint density at radius 1 is 1.11 bits per heavy atom. The minimum atomic E-state index is 0.965. The van der Waals surface area contributed by atoms with Gasteiger partial charge in [-0.05, 0) is 68.7 Å². The predicted molar refractivity (Wildman–Crippen MR) is 81.6 cm³/mol. The fraction of sp³-hybridized carbons (Fsp3) is 0.647. The predicted octanol–water partition coefficient (Wildman–Crippen LogP) is 3.34. The second kappa shape index (κ2) is 5.54. The second-order valence-electron chi connectivity index (χ2n) is 6.44. The van der Waals surface area contributed by atoms with Crippen molar-refractivity contribution in [1.82, 2.24) is 5.32 Å². The Bertz CT molecular complexity index is 419. The first-order valence-corrected chi connectivity index (χ1v) is 7.75. The molecule has 1 aromatic carbocycles. The van der Waals surface area contributed by atoms with E-state index in [1.54, 1.807) is 0 Å². The van der Waals surface area contributed by atoms with Crippen LogP contribution in [0.5, 0.6) is 0 Å². The number of benzene rings is 1. The quantitative estimate of drug-likeness (QED) is 0.807. The largest absolute Gasteiger partial charge is 0.371 e. The van der Waals surface area contributed by atoms with Crippen LogP contribution in [0, 0.1) is 18.8 Å². The highest BCUT2D eigenvalue weighted by Gasteiger charge is 2.29. The van der Waals surface area contributed by atoms with Crippen molar-refractivity contribution in [2.24, 2.45) is 11.8 Å². The van der Waals surface area contributed by atoms with Crippen LogP contribution in [0.2, 0.25) is 0 Å². The molecule has 1 N–H and O–H groups in total. The summed E-state index contributed by atoms with van der Waals surface area (Å²) in [6.07, 6.45) is 5.77. The SMILES string of the molecule is CNCc1ccc(N(CC2CC2)CC2CC2)c(C)c1. The maximum absolute atomic E-state index is 3.23. The molecule has 3 rings (SSSR count). The molecule has 0 bridgehead atoms. The number of nitrogens with one attached hydrogen (secondary N) is 1. The summed E-state index contributed by atoms with van der Waals surface area (Å²) in [5, 5.41) is 3.23. The summed E-state index contributed by atoms with van der Waals surface area (Å²) in [6.45, 7) is 5.79. The molecule has 1 aromatic rings. The molecule has 0 heterocycles. The van der Waals surface area contributed by atoms with Crippen LogP contribution in [0.15, 0.2) is 18.2 Å². The third-order valence-corrected chi connectivity index (χ3v) is 4.33. The Morgan fingerprint density at radius 2 is 1.74 bits per heavy atom. The Morgan fingerprint density at radius 3 is 2.21 bits per heavy atom. The maximum Gasteiger partial charge on any atom is 0.0396 e. The maximum atomic E-state index is 3.23. The molecule has 0 amide bonds. The highest BCUT2D eigenvalue weighted by molar-refractivity contribution is 5.55. The van der Waals surface area contributed by atoms with Gasteiger partial charge < -0.3 is 10.2 Å². The van der Waals surface area contributed by atoms with Crippen LogP contribution in [-0.2, 0) is 6.54 Å². The Balaban J connectivity index is 1.75. The van der Waals surface area contributed by atoms with Gasteiger partial charge >= 0.3 is 0 Å². The van der Waals surface area contributed by atoms with E-state index in [1.165, 1.54) is 55.6 Å². The second-order valence-corrected chi connectivity index (χ2v) is 6.44. The molecule has 0 saturated heterocycles. The van der Waals surface area contributed by atoms with Crippen LogP contribution < -0.4 is 10.2 Å². The van der Waals surface area contributed by atoms with Crippen molar-refractivity contribution in [2.75, 3.05) is 25.0 Å². The molecule has 0 atom stereocenters. The molecule has 19 heavy (non-hydrogen) atoms. The van der Waals surface area contributed by atoms with Gasteiger partial charge in [0.25, 0.3) is 0 Å². The first-order valence-electron chi connectivity index (χ1n) is 7.75. The number of hydrogen-bond acceptors (Lipinski definition) is 2. The van der Waals surface area contributed by atoms with Gasteiger partial charge in [-0.1, -0.05) is 12.1 Å².